The Kier molecular flexibility index (Phi) is 3.90. The molecule has 2 aromatic heterocycles. The Morgan fingerprint density at radius 3 is 2.71 bits per heavy atom. The number of H-pyrrole nitrogens is 1. The van der Waals surface area contributed by atoms with Gasteiger partial charge in [0.2, 0.25) is 5.95 Å². The molecule has 0 unspecified atom stereocenters. The second-order valence-electron chi connectivity index (χ2n) is 5.72. The summed E-state index contributed by atoms with van der Waals surface area (Å²) in [5.74, 6) is 1.70. The Hall–Kier alpha value is -2.83. The summed E-state index contributed by atoms with van der Waals surface area (Å²) in [6.45, 7) is 6.26. The molecule has 0 amide bonds. The first-order valence-corrected chi connectivity index (χ1v) is 8.23. The zero-order valence-corrected chi connectivity index (χ0v) is 13.6. The average Bonchev–Trinajstić information content (AvgIpc) is 3.10. The van der Waals surface area contributed by atoms with Crippen molar-refractivity contribution in [3.8, 4) is 5.75 Å². The van der Waals surface area contributed by atoms with Gasteiger partial charge in [0.25, 0.3) is 0 Å². The zero-order chi connectivity index (χ0) is 16.4. The number of hydrogen-bond acceptors (Lipinski definition) is 6. The molecule has 24 heavy (non-hydrogen) atoms. The predicted molar refractivity (Wildman–Crippen MR) is 93.7 cm³/mol. The number of rotatable bonds is 4. The van der Waals surface area contributed by atoms with Gasteiger partial charge in [0, 0.05) is 32.4 Å². The molecule has 1 aromatic carbocycles. The van der Waals surface area contributed by atoms with E-state index in [2.05, 4.69) is 42.1 Å². The highest BCUT2D eigenvalue weighted by atomic mass is 16.5. The monoisotopic (exact) mass is 324 g/mol. The van der Waals surface area contributed by atoms with E-state index in [9.17, 15) is 0 Å². The first-order chi connectivity index (χ1) is 11.8. The van der Waals surface area contributed by atoms with Gasteiger partial charge in [-0.05, 0) is 19.1 Å². The molecule has 3 aromatic rings. The SMILES string of the molecule is CCOc1ccccc1N1CCN(c2ncc3cn[nH]c3n2)CC1. The smallest absolute Gasteiger partial charge is 0.227 e. The van der Waals surface area contributed by atoms with Crippen LogP contribution in [-0.2, 0) is 0 Å². The molecular formula is C17H20N6O. The van der Waals surface area contributed by atoms with E-state index in [0.717, 1.165) is 54.6 Å². The number of nitrogens with one attached hydrogen (secondary N) is 1. The number of fused-ring (bicyclic) bond motifs is 1. The highest BCUT2D eigenvalue weighted by Gasteiger charge is 2.21. The maximum atomic E-state index is 5.75. The van der Waals surface area contributed by atoms with Gasteiger partial charge in [-0.25, -0.2) is 4.98 Å². The topological polar surface area (TPSA) is 70.2 Å². The number of anilines is 2. The number of para-hydroxylation sites is 2. The molecule has 0 saturated carbocycles. The molecule has 1 aliphatic rings. The number of aromatic nitrogens is 4. The van der Waals surface area contributed by atoms with Crippen molar-refractivity contribution in [1.82, 2.24) is 20.2 Å². The Morgan fingerprint density at radius 1 is 1.08 bits per heavy atom. The Labute approximate surface area is 140 Å². The summed E-state index contributed by atoms with van der Waals surface area (Å²) in [5.41, 5.74) is 1.94. The fraction of sp³-hybridized carbons (Fsp3) is 0.353. The molecule has 0 spiro atoms. The van der Waals surface area contributed by atoms with Crippen LogP contribution in [0.1, 0.15) is 6.92 Å². The highest BCUT2D eigenvalue weighted by Crippen LogP contribution is 2.29. The van der Waals surface area contributed by atoms with E-state index in [0.29, 0.717) is 6.61 Å². The minimum absolute atomic E-state index is 0.676. The van der Waals surface area contributed by atoms with E-state index >= 15 is 0 Å². The molecule has 3 heterocycles. The van der Waals surface area contributed by atoms with Gasteiger partial charge in [-0.2, -0.15) is 10.1 Å². The number of aromatic amines is 1. The Bertz CT molecular complexity index is 825. The molecule has 0 aliphatic carbocycles. The van der Waals surface area contributed by atoms with Crippen LogP contribution < -0.4 is 14.5 Å². The fourth-order valence-electron chi connectivity index (χ4n) is 3.02. The molecule has 4 rings (SSSR count). The van der Waals surface area contributed by atoms with Gasteiger partial charge in [-0.15, -0.1) is 0 Å². The lowest BCUT2D eigenvalue weighted by molar-refractivity contribution is 0.340. The van der Waals surface area contributed by atoms with Crippen molar-refractivity contribution in [3.05, 3.63) is 36.7 Å². The van der Waals surface area contributed by atoms with Crippen LogP contribution in [0.5, 0.6) is 5.75 Å². The van der Waals surface area contributed by atoms with Crippen molar-refractivity contribution >= 4 is 22.7 Å². The molecule has 7 nitrogen and oxygen atoms in total. The van der Waals surface area contributed by atoms with Gasteiger partial charge < -0.3 is 14.5 Å². The summed E-state index contributed by atoms with van der Waals surface area (Å²) < 4.78 is 5.75. The van der Waals surface area contributed by atoms with Crippen LogP contribution in [0.2, 0.25) is 0 Å². The third kappa shape index (κ3) is 2.73. The van der Waals surface area contributed by atoms with Crippen LogP contribution in [0.25, 0.3) is 11.0 Å². The summed E-state index contributed by atoms with van der Waals surface area (Å²) in [7, 11) is 0. The summed E-state index contributed by atoms with van der Waals surface area (Å²) in [6, 6.07) is 8.21. The lowest BCUT2D eigenvalue weighted by Crippen LogP contribution is -2.47. The lowest BCUT2D eigenvalue weighted by atomic mass is 10.2. The molecule has 7 heteroatoms. The van der Waals surface area contributed by atoms with Crippen molar-refractivity contribution in [2.45, 2.75) is 6.92 Å². The first-order valence-electron chi connectivity index (χ1n) is 8.23. The van der Waals surface area contributed by atoms with E-state index in [1.54, 1.807) is 6.20 Å². The number of benzene rings is 1. The molecule has 0 atom stereocenters. The number of ether oxygens (including phenoxy) is 1. The van der Waals surface area contributed by atoms with Gasteiger partial charge in [0.05, 0.1) is 23.9 Å². The van der Waals surface area contributed by atoms with E-state index < -0.39 is 0 Å². The molecule has 1 N–H and O–H groups in total. The lowest BCUT2D eigenvalue weighted by Gasteiger charge is -2.36. The molecule has 124 valence electrons. The summed E-state index contributed by atoms with van der Waals surface area (Å²) in [5, 5.41) is 7.83. The van der Waals surface area contributed by atoms with Gasteiger partial charge in [0.15, 0.2) is 5.65 Å². The minimum Gasteiger partial charge on any atom is -0.492 e. The molecule has 1 saturated heterocycles. The Balaban J connectivity index is 1.48. The van der Waals surface area contributed by atoms with Crippen molar-refractivity contribution in [1.29, 1.82) is 0 Å². The summed E-state index contributed by atoms with van der Waals surface area (Å²) in [6.07, 6.45) is 3.56. The molecule has 1 fully saturated rings. The van der Waals surface area contributed by atoms with E-state index in [-0.39, 0.29) is 0 Å². The van der Waals surface area contributed by atoms with E-state index in [4.69, 9.17) is 4.74 Å². The van der Waals surface area contributed by atoms with Crippen molar-refractivity contribution < 1.29 is 4.74 Å². The quantitative estimate of drug-likeness (QED) is 0.792. The molecule has 1 aliphatic heterocycles. The van der Waals surface area contributed by atoms with Gasteiger partial charge in [-0.1, -0.05) is 12.1 Å². The van der Waals surface area contributed by atoms with Crippen LogP contribution in [0, 0.1) is 0 Å². The van der Waals surface area contributed by atoms with Gasteiger partial charge in [0.1, 0.15) is 5.75 Å². The second-order valence-corrected chi connectivity index (χ2v) is 5.72. The van der Waals surface area contributed by atoms with Crippen LogP contribution in [-0.4, -0.2) is 53.0 Å². The number of nitrogens with zero attached hydrogens (tertiary/aromatic N) is 5. The highest BCUT2D eigenvalue weighted by molar-refractivity contribution is 5.73. The second kappa shape index (κ2) is 6.35. The minimum atomic E-state index is 0.676. The first kappa shape index (κ1) is 14.7. The van der Waals surface area contributed by atoms with Gasteiger partial charge in [-0.3, -0.25) is 5.10 Å². The van der Waals surface area contributed by atoms with Crippen LogP contribution in [0.15, 0.2) is 36.7 Å². The summed E-state index contributed by atoms with van der Waals surface area (Å²) >= 11 is 0. The molecule has 0 bridgehead atoms. The van der Waals surface area contributed by atoms with Crippen LogP contribution in [0.4, 0.5) is 11.6 Å². The van der Waals surface area contributed by atoms with E-state index in [1.165, 1.54) is 0 Å². The maximum absolute atomic E-state index is 5.75. The molecular weight excluding hydrogens is 304 g/mol. The standard InChI is InChI=1S/C17H20N6O/c1-2-24-15-6-4-3-5-14(15)22-7-9-23(10-8-22)17-18-11-13-12-19-21-16(13)20-17/h3-6,11-12H,2,7-10H2,1H3,(H,18,19,20,21). The zero-order valence-electron chi connectivity index (χ0n) is 13.6. The van der Waals surface area contributed by atoms with Crippen molar-refractivity contribution in [3.63, 3.8) is 0 Å². The number of piperazine rings is 1. The van der Waals surface area contributed by atoms with Crippen LogP contribution in [0.3, 0.4) is 0 Å². The normalized spacial score (nSPS) is 15.0. The third-order valence-corrected chi connectivity index (χ3v) is 4.25. The Morgan fingerprint density at radius 2 is 1.88 bits per heavy atom. The molecule has 0 radical (unpaired) electrons. The number of hydrogen-bond donors (Lipinski definition) is 1. The fourth-order valence-corrected chi connectivity index (χ4v) is 3.02. The van der Waals surface area contributed by atoms with Crippen LogP contribution >= 0.6 is 0 Å². The maximum Gasteiger partial charge on any atom is 0.227 e. The van der Waals surface area contributed by atoms with E-state index in [1.807, 2.05) is 25.3 Å². The van der Waals surface area contributed by atoms with Crippen molar-refractivity contribution in [2.75, 3.05) is 42.6 Å². The predicted octanol–water partition coefficient (Wildman–Crippen LogP) is 2.08. The third-order valence-electron chi connectivity index (χ3n) is 4.25. The average molecular weight is 324 g/mol. The van der Waals surface area contributed by atoms with Crippen molar-refractivity contribution in [2.24, 2.45) is 0 Å². The largest absolute Gasteiger partial charge is 0.492 e. The summed E-state index contributed by atoms with van der Waals surface area (Å²) in [4.78, 5) is 13.6. The van der Waals surface area contributed by atoms with Gasteiger partial charge >= 0.3 is 0 Å².